The van der Waals surface area contributed by atoms with Crippen LogP contribution in [0.4, 0.5) is 4.79 Å². The molecule has 1 saturated heterocycles. The number of hydrogen-bond donors (Lipinski definition) is 2. The summed E-state index contributed by atoms with van der Waals surface area (Å²) >= 11 is 0. The van der Waals surface area contributed by atoms with Gasteiger partial charge in [0.05, 0.1) is 24.7 Å². The number of carbonyl (C=O) groups is 2. The molecule has 0 bridgehead atoms. The van der Waals surface area contributed by atoms with Gasteiger partial charge in [-0.3, -0.25) is 4.79 Å². The van der Waals surface area contributed by atoms with Gasteiger partial charge in [0.15, 0.2) is 0 Å². The van der Waals surface area contributed by atoms with E-state index in [9.17, 15) is 14.7 Å². The number of amides is 1. The number of hydrogen-bond acceptors (Lipinski definition) is 6. The fourth-order valence-corrected chi connectivity index (χ4v) is 5.39. The van der Waals surface area contributed by atoms with E-state index in [1.807, 2.05) is 58.0 Å². The minimum atomic E-state index is -0.943. The van der Waals surface area contributed by atoms with E-state index in [1.54, 1.807) is 18.2 Å². The molecule has 1 amide bonds. The topological polar surface area (TPSA) is 103 Å². The van der Waals surface area contributed by atoms with Gasteiger partial charge in [0.25, 0.3) is 0 Å². The van der Waals surface area contributed by atoms with Gasteiger partial charge in [-0.05, 0) is 67.1 Å². The van der Waals surface area contributed by atoms with Crippen LogP contribution in [0, 0.1) is 0 Å². The summed E-state index contributed by atoms with van der Waals surface area (Å²) in [5.41, 5.74) is 5.45. The molecule has 3 aromatic rings. The molecule has 0 atom stereocenters. The summed E-state index contributed by atoms with van der Waals surface area (Å²) in [6.45, 7) is 8.19. The van der Waals surface area contributed by atoms with Gasteiger partial charge in [0, 0.05) is 18.0 Å². The molecular weight excluding hydrogens is 533 g/mol. The Morgan fingerprint density at radius 3 is 2.12 bits per heavy atom. The lowest BCUT2D eigenvalue weighted by molar-refractivity contribution is -0.136. The van der Waals surface area contributed by atoms with Crippen molar-refractivity contribution in [1.82, 2.24) is 5.32 Å². The number of aliphatic carboxylic acids is 1. The van der Waals surface area contributed by atoms with Crippen LogP contribution in [0.2, 0.25) is 0 Å². The third-order valence-corrected chi connectivity index (χ3v) is 8.34. The molecule has 5 rings (SSSR count). The molecule has 8 nitrogen and oxygen atoms in total. The zero-order valence-electron chi connectivity index (χ0n) is 24.6. The quantitative estimate of drug-likeness (QED) is 0.311. The molecule has 0 radical (unpaired) electrons. The summed E-state index contributed by atoms with van der Waals surface area (Å²) in [6.07, 6.45) is 1.16. The lowest BCUT2D eigenvalue weighted by atomic mass is 9.77. The Morgan fingerprint density at radius 2 is 1.55 bits per heavy atom. The predicted octanol–water partition coefficient (Wildman–Crippen LogP) is 5.88. The fourth-order valence-electron chi connectivity index (χ4n) is 5.39. The van der Waals surface area contributed by atoms with Gasteiger partial charge in [-0.15, -0.1) is 0 Å². The Hall–Kier alpha value is -4.08. The van der Waals surface area contributed by atoms with Crippen molar-refractivity contribution in [3.05, 3.63) is 94.5 Å². The van der Waals surface area contributed by atoms with Crippen molar-refractivity contribution in [3.63, 3.8) is 0 Å². The second-order valence-corrected chi connectivity index (χ2v) is 11.6. The Morgan fingerprint density at radius 1 is 0.952 bits per heavy atom. The normalized spacial score (nSPS) is 17.0. The van der Waals surface area contributed by atoms with Gasteiger partial charge in [0.2, 0.25) is 0 Å². The van der Waals surface area contributed by atoms with E-state index in [0.29, 0.717) is 16.8 Å². The zero-order valence-corrected chi connectivity index (χ0v) is 24.6. The molecular formula is C33H36BNO7. The monoisotopic (exact) mass is 569 g/mol. The van der Waals surface area contributed by atoms with Crippen LogP contribution in [0.3, 0.4) is 0 Å². The molecule has 0 aromatic heterocycles. The second kappa shape index (κ2) is 11.7. The molecule has 3 aromatic carbocycles. The average Bonchev–Trinajstić information content (AvgIpc) is 3.39. The van der Waals surface area contributed by atoms with E-state index in [2.05, 4.69) is 29.6 Å². The van der Waals surface area contributed by atoms with Gasteiger partial charge in [-0.25, -0.2) is 4.79 Å². The van der Waals surface area contributed by atoms with Crippen molar-refractivity contribution >= 4 is 25.3 Å². The molecule has 1 aliphatic heterocycles. The largest absolute Gasteiger partial charge is 0.496 e. The van der Waals surface area contributed by atoms with E-state index in [-0.39, 0.29) is 25.5 Å². The van der Waals surface area contributed by atoms with Crippen LogP contribution in [0.15, 0.2) is 72.2 Å². The summed E-state index contributed by atoms with van der Waals surface area (Å²) in [4.78, 5) is 24.2. The first-order chi connectivity index (χ1) is 20.0. The molecule has 42 heavy (non-hydrogen) atoms. The Balaban J connectivity index is 1.33. The highest BCUT2D eigenvalue weighted by Gasteiger charge is 2.52. The van der Waals surface area contributed by atoms with Gasteiger partial charge in [-0.2, -0.15) is 0 Å². The van der Waals surface area contributed by atoms with Gasteiger partial charge >= 0.3 is 19.2 Å². The second-order valence-electron chi connectivity index (χ2n) is 11.6. The van der Waals surface area contributed by atoms with E-state index in [0.717, 1.165) is 27.8 Å². The number of nitrogens with one attached hydrogen (secondary N) is 1. The van der Waals surface area contributed by atoms with Crippen LogP contribution in [0.5, 0.6) is 5.75 Å². The number of carboxylic acid groups (broad SMARTS) is 1. The van der Waals surface area contributed by atoms with Crippen molar-refractivity contribution in [1.29, 1.82) is 0 Å². The predicted molar refractivity (Wildman–Crippen MR) is 161 cm³/mol. The van der Waals surface area contributed by atoms with Gasteiger partial charge in [-0.1, -0.05) is 66.7 Å². The molecule has 1 heterocycles. The van der Waals surface area contributed by atoms with E-state index in [1.165, 1.54) is 7.11 Å². The SMILES string of the molecule is COc1cc(C=C(CNC(=O)OCC2c3ccccc3-c3ccccc32)B2OC(C)(C)C(C)(C)O2)ccc1CC(=O)O. The standard InChI is InChI=1S/C33H36BNO7/c1-32(2)33(3,4)42-34(41-32)23(16-21-14-15-22(18-30(36)37)29(17-21)39-5)19-35-31(38)40-20-28-26-12-8-6-10-24(26)25-11-7-9-13-27(25)28/h6-17,28H,18-20H2,1-5H3,(H,35,38)(H,36,37). The first kappa shape index (κ1) is 29.4. The summed E-state index contributed by atoms with van der Waals surface area (Å²) in [7, 11) is 0.788. The number of rotatable bonds is 9. The lowest BCUT2D eigenvalue weighted by Gasteiger charge is -2.32. The molecule has 0 unspecified atom stereocenters. The maximum Gasteiger partial charge on any atom is 0.492 e. The van der Waals surface area contributed by atoms with Crippen molar-refractivity contribution in [2.75, 3.05) is 20.3 Å². The van der Waals surface area contributed by atoms with Gasteiger partial charge in [0.1, 0.15) is 12.4 Å². The molecule has 0 saturated carbocycles. The van der Waals surface area contributed by atoms with Crippen LogP contribution in [0.1, 0.15) is 55.9 Å². The van der Waals surface area contributed by atoms with Crippen LogP contribution >= 0.6 is 0 Å². The van der Waals surface area contributed by atoms with Crippen molar-refractivity contribution in [2.24, 2.45) is 0 Å². The average molecular weight is 569 g/mol. The highest BCUT2D eigenvalue weighted by Crippen LogP contribution is 2.44. The molecule has 218 valence electrons. The molecule has 2 aliphatic rings. The first-order valence-electron chi connectivity index (χ1n) is 14.0. The molecule has 2 N–H and O–H groups in total. The smallest absolute Gasteiger partial charge is 0.492 e. The number of carboxylic acids is 1. The van der Waals surface area contributed by atoms with E-state index >= 15 is 0 Å². The van der Waals surface area contributed by atoms with Crippen LogP contribution < -0.4 is 10.1 Å². The number of alkyl carbamates (subject to hydrolysis) is 1. The summed E-state index contributed by atoms with van der Waals surface area (Å²) in [5.74, 6) is -0.524. The number of fused-ring (bicyclic) bond motifs is 3. The fraction of sp³-hybridized carbons (Fsp3) is 0.333. The summed E-state index contributed by atoms with van der Waals surface area (Å²) < 4.78 is 23.8. The molecule has 1 aliphatic carbocycles. The Bertz CT molecular complexity index is 1470. The number of benzene rings is 3. The van der Waals surface area contributed by atoms with Gasteiger partial charge < -0.3 is 29.2 Å². The highest BCUT2D eigenvalue weighted by atomic mass is 16.7. The maximum absolute atomic E-state index is 13.0. The Kier molecular flexibility index (Phi) is 8.17. The maximum atomic E-state index is 13.0. The van der Waals surface area contributed by atoms with Crippen molar-refractivity contribution in [3.8, 4) is 16.9 Å². The number of carbonyl (C=O) groups excluding carboxylic acids is 1. The van der Waals surface area contributed by atoms with E-state index in [4.69, 9.17) is 18.8 Å². The summed E-state index contributed by atoms with van der Waals surface area (Å²) in [5, 5.41) is 12.1. The van der Waals surface area contributed by atoms with Crippen LogP contribution in [0.25, 0.3) is 17.2 Å². The highest BCUT2D eigenvalue weighted by molar-refractivity contribution is 6.56. The third-order valence-electron chi connectivity index (χ3n) is 8.34. The lowest BCUT2D eigenvalue weighted by Crippen LogP contribution is -2.41. The molecule has 9 heteroatoms. The molecule has 1 fully saturated rings. The molecule has 0 spiro atoms. The third kappa shape index (κ3) is 5.94. The first-order valence-corrected chi connectivity index (χ1v) is 14.0. The van der Waals surface area contributed by atoms with Crippen LogP contribution in [-0.4, -0.2) is 55.8 Å². The number of methoxy groups -OCH3 is 1. The summed E-state index contributed by atoms with van der Waals surface area (Å²) in [6, 6.07) is 21.7. The van der Waals surface area contributed by atoms with Crippen molar-refractivity contribution in [2.45, 2.75) is 51.2 Å². The number of ether oxygens (including phenoxy) is 2. The van der Waals surface area contributed by atoms with E-state index < -0.39 is 30.4 Å². The Labute approximate surface area is 246 Å². The zero-order chi connectivity index (χ0) is 30.1. The minimum absolute atomic E-state index is 0.0435. The van der Waals surface area contributed by atoms with Crippen molar-refractivity contribution < 1.29 is 33.5 Å². The minimum Gasteiger partial charge on any atom is -0.496 e. The van der Waals surface area contributed by atoms with Crippen LogP contribution in [-0.2, 0) is 25.3 Å².